The fraction of sp³-hybridized carbons (Fsp3) is 0.318. The molecule has 3 rings (SSSR count). The van der Waals surface area contributed by atoms with Crippen LogP contribution in [0.5, 0.6) is 0 Å². The smallest absolute Gasteiger partial charge is 0.244 e. The zero-order valence-electron chi connectivity index (χ0n) is 16.2. The normalized spacial score (nSPS) is 16.4. The zero-order chi connectivity index (χ0) is 20.1. The minimum Gasteiger partial charge on any atom is -0.369 e. The van der Waals surface area contributed by atoms with E-state index >= 15 is 0 Å². The van der Waals surface area contributed by atoms with Crippen LogP contribution in [0.2, 0.25) is 0 Å². The second-order valence-electron chi connectivity index (χ2n) is 7.09. The molecule has 0 spiro atoms. The number of halogens is 2. The first-order chi connectivity index (χ1) is 13.4. The minimum absolute atomic E-state index is 0.0415. The summed E-state index contributed by atoms with van der Waals surface area (Å²) >= 11 is 0. The highest BCUT2D eigenvalue weighted by molar-refractivity contribution is 5.92. The molecule has 1 fully saturated rings. The number of piperazine rings is 1. The van der Waals surface area contributed by atoms with Gasteiger partial charge in [0.05, 0.1) is 6.04 Å². The number of hydrogen-bond donors (Lipinski definition) is 1. The number of benzene rings is 2. The third-order valence-corrected chi connectivity index (χ3v) is 4.99. The molecule has 6 heteroatoms. The third kappa shape index (κ3) is 4.95. The number of carbonyl (C=O) groups excluding carboxylic acids is 1. The molecule has 1 aliphatic heterocycles. The van der Waals surface area contributed by atoms with Crippen molar-refractivity contribution in [3.05, 3.63) is 71.3 Å². The topological polar surface area (TPSA) is 35.6 Å². The first-order valence-corrected chi connectivity index (χ1v) is 9.40. The van der Waals surface area contributed by atoms with Crippen molar-refractivity contribution < 1.29 is 13.6 Å². The molecule has 1 heterocycles. The molecule has 2 aromatic rings. The maximum absolute atomic E-state index is 13.7. The second-order valence-corrected chi connectivity index (χ2v) is 7.09. The third-order valence-electron chi connectivity index (χ3n) is 4.99. The quantitative estimate of drug-likeness (QED) is 0.799. The van der Waals surface area contributed by atoms with Gasteiger partial charge in [-0.2, -0.15) is 0 Å². The molecule has 1 N–H and O–H groups in total. The van der Waals surface area contributed by atoms with Crippen LogP contribution in [0.3, 0.4) is 0 Å². The lowest BCUT2D eigenvalue weighted by atomic mass is 10.1. The average Bonchev–Trinajstić information content (AvgIpc) is 2.70. The Kier molecular flexibility index (Phi) is 6.41. The fourth-order valence-electron chi connectivity index (χ4n) is 3.21. The van der Waals surface area contributed by atoms with Gasteiger partial charge in [-0.25, -0.2) is 8.78 Å². The Hall–Kier alpha value is -2.73. The van der Waals surface area contributed by atoms with Gasteiger partial charge in [-0.15, -0.1) is 0 Å². The summed E-state index contributed by atoms with van der Waals surface area (Å²) in [6.45, 7) is 5.90. The van der Waals surface area contributed by atoms with Gasteiger partial charge in [-0.05, 0) is 43.8 Å². The maximum atomic E-state index is 13.7. The molecular formula is C22H25F2N3O. The Morgan fingerprint density at radius 3 is 2.57 bits per heavy atom. The van der Waals surface area contributed by atoms with Crippen molar-refractivity contribution in [2.45, 2.75) is 13.0 Å². The number of nitrogens with zero attached hydrogens (tertiary/aromatic N) is 2. The van der Waals surface area contributed by atoms with E-state index in [1.807, 2.05) is 19.1 Å². The van der Waals surface area contributed by atoms with Gasteiger partial charge in [0.25, 0.3) is 0 Å². The van der Waals surface area contributed by atoms with Gasteiger partial charge < -0.3 is 15.1 Å². The molecule has 1 saturated heterocycles. The summed E-state index contributed by atoms with van der Waals surface area (Å²) in [7, 11) is 2.12. The minimum atomic E-state index is -0.959. The van der Waals surface area contributed by atoms with E-state index in [0.29, 0.717) is 0 Å². The van der Waals surface area contributed by atoms with Crippen LogP contribution in [0.4, 0.5) is 14.5 Å². The highest BCUT2D eigenvalue weighted by Crippen LogP contribution is 2.22. The predicted molar refractivity (Wildman–Crippen MR) is 108 cm³/mol. The van der Waals surface area contributed by atoms with Gasteiger partial charge in [-0.1, -0.05) is 24.3 Å². The van der Waals surface area contributed by atoms with Gasteiger partial charge in [0.15, 0.2) is 11.6 Å². The molecule has 28 heavy (non-hydrogen) atoms. The number of amides is 1. The summed E-state index contributed by atoms with van der Waals surface area (Å²) in [4.78, 5) is 16.8. The lowest BCUT2D eigenvalue weighted by Gasteiger charge is -2.34. The van der Waals surface area contributed by atoms with E-state index in [1.165, 1.54) is 24.3 Å². The van der Waals surface area contributed by atoms with E-state index in [1.54, 1.807) is 0 Å². The van der Waals surface area contributed by atoms with Gasteiger partial charge in [-0.3, -0.25) is 4.79 Å². The van der Waals surface area contributed by atoms with Crippen molar-refractivity contribution in [3.63, 3.8) is 0 Å². The maximum Gasteiger partial charge on any atom is 0.244 e. The van der Waals surface area contributed by atoms with Crippen molar-refractivity contribution >= 4 is 17.7 Å². The standard InChI is InChI=1S/C22H25F2N3O/c1-16(25-21(28)10-9-17-5-4-8-20(23)22(17)24)18-6-3-7-19(15-18)27-13-11-26(2)12-14-27/h3-10,15-16H,11-14H2,1-2H3,(H,25,28)/b10-9+/t16-/m0/s1. The molecule has 1 aliphatic rings. The molecule has 0 radical (unpaired) electrons. The summed E-state index contributed by atoms with van der Waals surface area (Å²) in [6.07, 6.45) is 2.50. The van der Waals surface area contributed by atoms with Crippen molar-refractivity contribution in [1.82, 2.24) is 10.2 Å². The number of hydrogen-bond acceptors (Lipinski definition) is 3. The molecule has 2 aromatic carbocycles. The molecule has 148 valence electrons. The van der Waals surface area contributed by atoms with Crippen LogP contribution >= 0.6 is 0 Å². The van der Waals surface area contributed by atoms with Crippen molar-refractivity contribution in [2.75, 3.05) is 38.1 Å². The first-order valence-electron chi connectivity index (χ1n) is 9.40. The molecule has 0 unspecified atom stereocenters. The largest absolute Gasteiger partial charge is 0.369 e. The highest BCUT2D eigenvalue weighted by atomic mass is 19.2. The summed E-state index contributed by atoms with van der Waals surface area (Å²) < 4.78 is 26.9. The number of likely N-dealkylation sites (N-methyl/N-ethyl adjacent to an activating group) is 1. The van der Waals surface area contributed by atoms with E-state index in [2.05, 4.69) is 34.3 Å². The molecule has 0 saturated carbocycles. The number of anilines is 1. The molecule has 1 atom stereocenters. The Morgan fingerprint density at radius 1 is 1.11 bits per heavy atom. The van der Waals surface area contributed by atoms with Crippen LogP contribution in [-0.4, -0.2) is 44.0 Å². The number of carbonyl (C=O) groups is 1. The van der Waals surface area contributed by atoms with E-state index < -0.39 is 11.6 Å². The SMILES string of the molecule is C[C@H](NC(=O)/C=C/c1cccc(F)c1F)c1cccc(N2CCN(C)CC2)c1. The predicted octanol–water partition coefficient (Wildman–Crippen LogP) is 3.61. The summed E-state index contributed by atoms with van der Waals surface area (Å²) in [5, 5.41) is 2.87. The Morgan fingerprint density at radius 2 is 1.82 bits per heavy atom. The van der Waals surface area contributed by atoms with E-state index in [0.717, 1.165) is 43.5 Å². The van der Waals surface area contributed by atoms with Crippen molar-refractivity contribution in [1.29, 1.82) is 0 Å². The number of nitrogens with one attached hydrogen (secondary N) is 1. The van der Waals surface area contributed by atoms with Gasteiger partial charge >= 0.3 is 0 Å². The molecule has 1 amide bonds. The Labute approximate surface area is 164 Å². The summed E-state index contributed by atoms with van der Waals surface area (Å²) in [5.74, 6) is -2.25. The van der Waals surface area contributed by atoms with Crippen LogP contribution in [-0.2, 0) is 4.79 Å². The molecule has 0 aliphatic carbocycles. The summed E-state index contributed by atoms with van der Waals surface area (Å²) in [6, 6.07) is 11.8. The molecule has 0 aromatic heterocycles. The lowest BCUT2D eigenvalue weighted by Crippen LogP contribution is -2.44. The zero-order valence-corrected chi connectivity index (χ0v) is 16.2. The van der Waals surface area contributed by atoms with Crippen LogP contribution in [0.1, 0.15) is 24.1 Å². The highest BCUT2D eigenvalue weighted by Gasteiger charge is 2.16. The Bertz CT molecular complexity index is 861. The monoisotopic (exact) mass is 385 g/mol. The van der Waals surface area contributed by atoms with Crippen LogP contribution in [0.25, 0.3) is 6.08 Å². The molecule has 0 bridgehead atoms. The van der Waals surface area contributed by atoms with Crippen molar-refractivity contribution in [2.24, 2.45) is 0 Å². The van der Waals surface area contributed by atoms with Crippen LogP contribution in [0, 0.1) is 11.6 Å². The van der Waals surface area contributed by atoms with E-state index in [9.17, 15) is 13.6 Å². The first kappa shape index (κ1) is 20.0. The molecular weight excluding hydrogens is 360 g/mol. The van der Waals surface area contributed by atoms with E-state index in [4.69, 9.17) is 0 Å². The summed E-state index contributed by atoms with van der Waals surface area (Å²) in [5.41, 5.74) is 2.18. The molecule has 4 nitrogen and oxygen atoms in total. The number of rotatable bonds is 5. The average molecular weight is 385 g/mol. The van der Waals surface area contributed by atoms with Gasteiger partial charge in [0, 0.05) is 43.5 Å². The van der Waals surface area contributed by atoms with Gasteiger partial charge in [0.1, 0.15) is 0 Å². The second kappa shape index (κ2) is 8.97. The Balaban J connectivity index is 1.63. The van der Waals surface area contributed by atoms with E-state index in [-0.39, 0.29) is 17.5 Å². The van der Waals surface area contributed by atoms with Crippen LogP contribution in [0.15, 0.2) is 48.5 Å². The lowest BCUT2D eigenvalue weighted by molar-refractivity contribution is -0.117. The van der Waals surface area contributed by atoms with Crippen molar-refractivity contribution in [3.8, 4) is 0 Å². The fourth-order valence-corrected chi connectivity index (χ4v) is 3.21. The van der Waals surface area contributed by atoms with Gasteiger partial charge in [0.2, 0.25) is 5.91 Å². The van der Waals surface area contributed by atoms with Crippen LogP contribution < -0.4 is 10.2 Å².